The number of likely N-dealkylation sites (N-methyl/N-ethyl adjacent to an activating group) is 1. The van der Waals surface area contributed by atoms with E-state index in [1.807, 2.05) is 0 Å². The van der Waals surface area contributed by atoms with Crippen LogP contribution in [0.3, 0.4) is 0 Å². The number of carbonyl (C=O) groups is 3. The summed E-state index contributed by atoms with van der Waals surface area (Å²) in [5.41, 5.74) is 2.16. The molecule has 1 heterocycles. The molecule has 0 spiro atoms. The van der Waals surface area contributed by atoms with Gasteiger partial charge in [0, 0.05) is 30.8 Å². The SMILES string of the molecule is CN(CC(=O)NC1CCCC1)c1nc(Cc2ccc(NC(=O)Cc3ccc(O)c(O)c3)cc2)nc(Cl)c1CC(=O)O. The van der Waals surface area contributed by atoms with Gasteiger partial charge in [0.2, 0.25) is 11.8 Å². The summed E-state index contributed by atoms with van der Waals surface area (Å²) in [7, 11) is 1.67. The number of aromatic hydroxyl groups is 2. The molecule has 1 saturated carbocycles. The molecule has 216 valence electrons. The highest BCUT2D eigenvalue weighted by Crippen LogP contribution is 2.27. The standard InChI is InChI=1S/C29H32ClN5O6/c1-35(16-26(39)32-19-4-2-3-5-19)29-21(15-27(40)41)28(30)33-24(34-29)13-17-6-9-20(10-7-17)31-25(38)14-18-8-11-22(36)23(37)12-18/h6-12,19,36-37H,2-5,13-16H2,1H3,(H,31,38)(H,32,39)(H,40,41). The fraction of sp³-hybridized carbons (Fsp3) is 0.345. The van der Waals surface area contributed by atoms with Gasteiger partial charge >= 0.3 is 5.97 Å². The molecule has 3 aromatic rings. The lowest BCUT2D eigenvalue weighted by Crippen LogP contribution is -2.40. The van der Waals surface area contributed by atoms with Crippen LogP contribution >= 0.6 is 11.6 Å². The molecule has 12 heteroatoms. The Hall–Kier alpha value is -4.38. The number of anilines is 2. The Morgan fingerprint density at radius 2 is 1.63 bits per heavy atom. The van der Waals surface area contributed by atoms with Crippen molar-refractivity contribution >= 4 is 40.9 Å². The molecule has 5 N–H and O–H groups in total. The second kappa shape index (κ2) is 13.3. The van der Waals surface area contributed by atoms with Crippen LogP contribution in [0, 0.1) is 0 Å². The summed E-state index contributed by atoms with van der Waals surface area (Å²) in [5.74, 6) is -1.46. The van der Waals surface area contributed by atoms with E-state index in [9.17, 15) is 29.7 Å². The number of benzene rings is 2. The van der Waals surface area contributed by atoms with Crippen LogP contribution in [0.2, 0.25) is 5.15 Å². The summed E-state index contributed by atoms with van der Waals surface area (Å²) in [6.07, 6.45) is 3.99. The summed E-state index contributed by atoms with van der Waals surface area (Å²) in [5, 5.41) is 34.3. The number of carboxylic acids is 1. The average Bonchev–Trinajstić information content (AvgIpc) is 3.41. The predicted octanol–water partition coefficient (Wildman–Crippen LogP) is 3.44. The minimum Gasteiger partial charge on any atom is -0.504 e. The Bertz CT molecular complexity index is 1430. The molecule has 1 fully saturated rings. The van der Waals surface area contributed by atoms with Gasteiger partial charge in [0.05, 0.1) is 19.4 Å². The summed E-state index contributed by atoms with van der Waals surface area (Å²) in [6.45, 7) is -0.00590. The van der Waals surface area contributed by atoms with E-state index in [1.54, 1.807) is 42.3 Å². The van der Waals surface area contributed by atoms with E-state index in [0.29, 0.717) is 17.1 Å². The van der Waals surface area contributed by atoms with Crippen molar-refractivity contribution < 1.29 is 29.7 Å². The van der Waals surface area contributed by atoms with Crippen LogP contribution in [0.25, 0.3) is 0 Å². The molecule has 2 aromatic carbocycles. The first-order valence-corrected chi connectivity index (χ1v) is 13.6. The highest BCUT2D eigenvalue weighted by Gasteiger charge is 2.22. The third kappa shape index (κ3) is 8.31. The van der Waals surface area contributed by atoms with Gasteiger partial charge in [0.1, 0.15) is 16.8 Å². The molecule has 0 bridgehead atoms. The smallest absolute Gasteiger partial charge is 0.308 e. The molecule has 41 heavy (non-hydrogen) atoms. The Morgan fingerprint density at radius 1 is 0.951 bits per heavy atom. The molecule has 1 aliphatic rings. The molecule has 11 nitrogen and oxygen atoms in total. The second-order valence-corrected chi connectivity index (χ2v) is 10.5. The van der Waals surface area contributed by atoms with Gasteiger partial charge in [-0.05, 0) is 48.2 Å². The highest BCUT2D eigenvalue weighted by molar-refractivity contribution is 6.30. The number of carboxylic acid groups (broad SMARTS) is 1. The second-order valence-electron chi connectivity index (χ2n) is 10.1. The summed E-state index contributed by atoms with van der Waals surface area (Å²) >= 11 is 6.41. The molecule has 4 rings (SSSR count). The van der Waals surface area contributed by atoms with E-state index in [4.69, 9.17) is 11.6 Å². The van der Waals surface area contributed by atoms with Crippen molar-refractivity contribution in [2.45, 2.75) is 51.0 Å². The van der Waals surface area contributed by atoms with Crippen molar-refractivity contribution in [3.05, 3.63) is 70.1 Å². The molecule has 2 amide bonds. The Kier molecular flexibility index (Phi) is 9.61. The molecule has 1 aliphatic carbocycles. The largest absolute Gasteiger partial charge is 0.504 e. The van der Waals surface area contributed by atoms with Crippen molar-refractivity contribution in [1.29, 1.82) is 0 Å². The van der Waals surface area contributed by atoms with Gasteiger partial charge in [-0.15, -0.1) is 0 Å². The lowest BCUT2D eigenvalue weighted by Gasteiger charge is -2.22. The predicted molar refractivity (Wildman–Crippen MR) is 153 cm³/mol. The summed E-state index contributed by atoms with van der Waals surface area (Å²) in [6, 6.07) is 11.4. The zero-order chi connectivity index (χ0) is 29.5. The Balaban J connectivity index is 1.43. The van der Waals surface area contributed by atoms with E-state index < -0.39 is 5.97 Å². The summed E-state index contributed by atoms with van der Waals surface area (Å²) in [4.78, 5) is 47.0. The normalized spacial score (nSPS) is 13.1. The van der Waals surface area contributed by atoms with Gasteiger partial charge < -0.3 is 30.9 Å². The van der Waals surface area contributed by atoms with E-state index in [-0.39, 0.29) is 71.7 Å². The number of halogens is 1. The number of hydrogen-bond acceptors (Lipinski definition) is 8. The first-order valence-electron chi connectivity index (χ1n) is 13.2. The number of carbonyl (C=O) groups excluding carboxylic acids is 2. The number of amides is 2. The third-order valence-corrected chi connectivity index (χ3v) is 7.09. The van der Waals surface area contributed by atoms with Crippen LogP contribution in [0.1, 0.15) is 48.2 Å². The van der Waals surface area contributed by atoms with Crippen molar-refractivity contribution in [3.8, 4) is 11.5 Å². The highest BCUT2D eigenvalue weighted by atomic mass is 35.5. The van der Waals surface area contributed by atoms with E-state index in [1.165, 1.54) is 12.1 Å². The maximum absolute atomic E-state index is 12.6. The number of phenolic OH excluding ortho intramolecular Hbond substituents is 2. The molecular formula is C29H32ClN5O6. The fourth-order valence-electron chi connectivity index (χ4n) is 4.78. The number of rotatable bonds is 11. The van der Waals surface area contributed by atoms with Gasteiger partial charge in [0.25, 0.3) is 0 Å². The van der Waals surface area contributed by atoms with Crippen LogP contribution in [0.15, 0.2) is 42.5 Å². The van der Waals surface area contributed by atoms with Gasteiger partial charge in [-0.3, -0.25) is 14.4 Å². The summed E-state index contributed by atoms with van der Waals surface area (Å²) < 4.78 is 0. The number of aliphatic carboxylic acids is 1. The van der Waals surface area contributed by atoms with Crippen molar-refractivity contribution in [2.75, 3.05) is 23.8 Å². The number of nitrogens with one attached hydrogen (secondary N) is 2. The van der Waals surface area contributed by atoms with Crippen molar-refractivity contribution in [3.63, 3.8) is 0 Å². The molecule has 0 saturated heterocycles. The van der Waals surface area contributed by atoms with Crippen molar-refractivity contribution in [2.24, 2.45) is 0 Å². The minimum absolute atomic E-state index is 0.00590. The first-order chi connectivity index (χ1) is 19.6. The Morgan fingerprint density at radius 3 is 2.29 bits per heavy atom. The van der Waals surface area contributed by atoms with E-state index in [0.717, 1.165) is 31.2 Å². The zero-order valence-corrected chi connectivity index (χ0v) is 23.3. The maximum atomic E-state index is 12.6. The number of phenols is 2. The molecule has 0 aliphatic heterocycles. The number of aromatic nitrogens is 2. The quantitative estimate of drug-likeness (QED) is 0.168. The van der Waals surface area contributed by atoms with Crippen LogP contribution in [-0.4, -0.2) is 62.7 Å². The average molecular weight is 582 g/mol. The van der Waals surface area contributed by atoms with Gasteiger partial charge in [-0.2, -0.15) is 0 Å². The lowest BCUT2D eigenvalue weighted by molar-refractivity contribution is -0.136. The van der Waals surface area contributed by atoms with E-state index >= 15 is 0 Å². The van der Waals surface area contributed by atoms with Crippen LogP contribution in [-0.2, 0) is 33.6 Å². The molecule has 1 aromatic heterocycles. The van der Waals surface area contributed by atoms with Crippen molar-refractivity contribution in [1.82, 2.24) is 15.3 Å². The van der Waals surface area contributed by atoms with Crippen LogP contribution in [0.5, 0.6) is 11.5 Å². The number of hydrogen-bond donors (Lipinski definition) is 5. The van der Waals surface area contributed by atoms with Gasteiger partial charge in [-0.1, -0.05) is 42.6 Å². The Labute approximate surface area is 242 Å². The molecule has 0 unspecified atom stereocenters. The molecule has 0 atom stereocenters. The monoisotopic (exact) mass is 581 g/mol. The van der Waals surface area contributed by atoms with E-state index in [2.05, 4.69) is 20.6 Å². The van der Waals surface area contributed by atoms with Crippen LogP contribution < -0.4 is 15.5 Å². The molecular weight excluding hydrogens is 550 g/mol. The fourth-order valence-corrected chi connectivity index (χ4v) is 5.03. The van der Waals surface area contributed by atoms with Crippen LogP contribution in [0.4, 0.5) is 11.5 Å². The maximum Gasteiger partial charge on any atom is 0.308 e. The zero-order valence-electron chi connectivity index (χ0n) is 22.6. The lowest BCUT2D eigenvalue weighted by atomic mass is 10.1. The first kappa shape index (κ1) is 29.6. The van der Waals surface area contributed by atoms with Gasteiger partial charge in [0.15, 0.2) is 11.5 Å². The minimum atomic E-state index is -1.09. The molecule has 0 radical (unpaired) electrons. The van der Waals surface area contributed by atoms with Gasteiger partial charge in [-0.25, -0.2) is 9.97 Å². The third-order valence-electron chi connectivity index (χ3n) is 6.78. The topological polar surface area (TPSA) is 165 Å². The number of nitrogens with zero attached hydrogens (tertiary/aromatic N) is 3.